The van der Waals surface area contributed by atoms with Gasteiger partial charge < -0.3 is 14.8 Å². The van der Waals surface area contributed by atoms with Gasteiger partial charge in [0.25, 0.3) is 5.91 Å². The molecule has 0 radical (unpaired) electrons. The third-order valence-corrected chi connectivity index (χ3v) is 3.94. The standard InChI is InChI=1S/C23H23NO3/c1-2-15-26-20-12-8-11-19(16-20)23(25)24-21-13-6-7-14-22(21)27-17-18-9-4-3-5-10-18/h3-14,16H,2,15,17H2,1H3,(H,24,25). The number of para-hydroxylation sites is 2. The van der Waals surface area contributed by atoms with Crippen LogP contribution in [0.4, 0.5) is 5.69 Å². The van der Waals surface area contributed by atoms with Crippen molar-refractivity contribution in [3.63, 3.8) is 0 Å². The Balaban J connectivity index is 1.69. The summed E-state index contributed by atoms with van der Waals surface area (Å²) in [6, 6.07) is 24.5. The van der Waals surface area contributed by atoms with Gasteiger partial charge in [0.2, 0.25) is 0 Å². The van der Waals surface area contributed by atoms with E-state index in [1.807, 2.05) is 73.7 Å². The van der Waals surface area contributed by atoms with E-state index in [1.54, 1.807) is 12.1 Å². The maximum atomic E-state index is 12.6. The molecule has 1 amide bonds. The highest BCUT2D eigenvalue weighted by Gasteiger charge is 2.11. The summed E-state index contributed by atoms with van der Waals surface area (Å²) in [6.07, 6.45) is 0.919. The van der Waals surface area contributed by atoms with E-state index in [-0.39, 0.29) is 5.91 Å². The number of rotatable bonds is 8. The van der Waals surface area contributed by atoms with Crippen LogP contribution in [-0.4, -0.2) is 12.5 Å². The van der Waals surface area contributed by atoms with Crippen molar-refractivity contribution in [2.24, 2.45) is 0 Å². The Morgan fingerprint density at radius 3 is 2.48 bits per heavy atom. The quantitative estimate of drug-likeness (QED) is 0.592. The Morgan fingerprint density at radius 2 is 1.67 bits per heavy atom. The number of nitrogens with one attached hydrogen (secondary N) is 1. The van der Waals surface area contributed by atoms with E-state index in [4.69, 9.17) is 9.47 Å². The van der Waals surface area contributed by atoms with Gasteiger partial charge >= 0.3 is 0 Å². The molecule has 0 saturated heterocycles. The number of hydrogen-bond donors (Lipinski definition) is 1. The van der Waals surface area contributed by atoms with Gasteiger partial charge in [-0.1, -0.05) is 55.5 Å². The Hall–Kier alpha value is -3.27. The third kappa shape index (κ3) is 5.35. The highest BCUT2D eigenvalue weighted by atomic mass is 16.5. The van der Waals surface area contributed by atoms with Crippen LogP contribution < -0.4 is 14.8 Å². The zero-order valence-electron chi connectivity index (χ0n) is 15.4. The molecule has 4 nitrogen and oxygen atoms in total. The summed E-state index contributed by atoms with van der Waals surface area (Å²) in [5, 5.41) is 2.93. The van der Waals surface area contributed by atoms with Crippen molar-refractivity contribution in [3.05, 3.63) is 90.0 Å². The van der Waals surface area contributed by atoms with E-state index < -0.39 is 0 Å². The van der Waals surface area contributed by atoms with Crippen LogP contribution in [-0.2, 0) is 6.61 Å². The molecule has 138 valence electrons. The summed E-state index contributed by atoms with van der Waals surface area (Å²) in [7, 11) is 0. The van der Waals surface area contributed by atoms with Crippen LogP contribution in [0.3, 0.4) is 0 Å². The highest BCUT2D eigenvalue weighted by Crippen LogP contribution is 2.26. The van der Waals surface area contributed by atoms with Gasteiger partial charge in [-0.05, 0) is 42.3 Å². The Labute approximate surface area is 159 Å². The van der Waals surface area contributed by atoms with Crippen LogP contribution in [0.2, 0.25) is 0 Å². The molecule has 0 spiro atoms. The first-order chi connectivity index (χ1) is 13.3. The summed E-state index contributed by atoms with van der Waals surface area (Å²) >= 11 is 0. The molecule has 0 atom stereocenters. The lowest BCUT2D eigenvalue weighted by Crippen LogP contribution is -2.13. The molecule has 0 aliphatic heterocycles. The number of anilines is 1. The fourth-order valence-corrected chi connectivity index (χ4v) is 2.57. The van der Waals surface area contributed by atoms with E-state index in [9.17, 15) is 4.79 Å². The summed E-state index contributed by atoms with van der Waals surface area (Å²) < 4.78 is 11.5. The van der Waals surface area contributed by atoms with Gasteiger partial charge in [-0.15, -0.1) is 0 Å². The van der Waals surface area contributed by atoms with Crippen LogP contribution >= 0.6 is 0 Å². The third-order valence-electron chi connectivity index (χ3n) is 3.94. The highest BCUT2D eigenvalue weighted by molar-refractivity contribution is 6.05. The zero-order valence-corrected chi connectivity index (χ0v) is 15.4. The van der Waals surface area contributed by atoms with Gasteiger partial charge in [0, 0.05) is 5.56 Å². The molecule has 0 aliphatic carbocycles. The lowest BCUT2D eigenvalue weighted by atomic mass is 10.2. The second-order valence-electron chi connectivity index (χ2n) is 6.10. The van der Waals surface area contributed by atoms with Crippen molar-refractivity contribution in [1.29, 1.82) is 0 Å². The largest absolute Gasteiger partial charge is 0.494 e. The summed E-state index contributed by atoms with van der Waals surface area (Å²) in [4.78, 5) is 12.6. The molecular weight excluding hydrogens is 338 g/mol. The van der Waals surface area contributed by atoms with Crippen molar-refractivity contribution in [3.8, 4) is 11.5 Å². The van der Waals surface area contributed by atoms with Crippen LogP contribution in [0.1, 0.15) is 29.3 Å². The fourth-order valence-electron chi connectivity index (χ4n) is 2.57. The smallest absolute Gasteiger partial charge is 0.255 e. The minimum atomic E-state index is -0.201. The summed E-state index contributed by atoms with van der Waals surface area (Å²) in [5.74, 6) is 1.12. The normalized spacial score (nSPS) is 10.3. The van der Waals surface area contributed by atoms with Crippen molar-refractivity contribution >= 4 is 11.6 Å². The first kappa shape index (κ1) is 18.5. The van der Waals surface area contributed by atoms with E-state index in [1.165, 1.54) is 0 Å². The molecular formula is C23H23NO3. The van der Waals surface area contributed by atoms with Crippen molar-refractivity contribution < 1.29 is 14.3 Å². The van der Waals surface area contributed by atoms with Gasteiger partial charge in [-0.25, -0.2) is 0 Å². The lowest BCUT2D eigenvalue weighted by molar-refractivity contribution is 0.102. The predicted octanol–water partition coefficient (Wildman–Crippen LogP) is 5.31. The number of carbonyl (C=O) groups excluding carboxylic acids is 1. The number of hydrogen-bond acceptors (Lipinski definition) is 3. The number of ether oxygens (including phenoxy) is 2. The number of amides is 1. The molecule has 0 aromatic heterocycles. The SMILES string of the molecule is CCCOc1cccc(C(=O)Nc2ccccc2OCc2ccccc2)c1. The Morgan fingerprint density at radius 1 is 0.889 bits per heavy atom. The first-order valence-corrected chi connectivity index (χ1v) is 9.06. The molecule has 0 bridgehead atoms. The van der Waals surface area contributed by atoms with Gasteiger partial charge in [0.05, 0.1) is 12.3 Å². The molecule has 1 N–H and O–H groups in total. The Bertz CT molecular complexity index is 878. The zero-order chi connectivity index (χ0) is 18.9. The predicted molar refractivity (Wildman–Crippen MR) is 107 cm³/mol. The lowest BCUT2D eigenvalue weighted by Gasteiger charge is -2.13. The van der Waals surface area contributed by atoms with Gasteiger partial charge in [0.15, 0.2) is 0 Å². The van der Waals surface area contributed by atoms with Crippen LogP contribution in [0.15, 0.2) is 78.9 Å². The average molecular weight is 361 g/mol. The topological polar surface area (TPSA) is 47.6 Å². The minimum absolute atomic E-state index is 0.201. The fraction of sp³-hybridized carbons (Fsp3) is 0.174. The monoisotopic (exact) mass is 361 g/mol. The molecule has 0 fully saturated rings. The molecule has 0 heterocycles. The minimum Gasteiger partial charge on any atom is -0.494 e. The molecule has 0 unspecified atom stereocenters. The van der Waals surface area contributed by atoms with Crippen LogP contribution in [0.5, 0.6) is 11.5 Å². The molecule has 4 heteroatoms. The van der Waals surface area contributed by atoms with E-state index in [0.717, 1.165) is 12.0 Å². The molecule has 3 aromatic carbocycles. The molecule has 3 aromatic rings. The molecule has 0 saturated carbocycles. The van der Waals surface area contributed by atoms with E-state index in [0.29, 0.717) is 36.0 Å². The summed E-state index contributed by atoms with van der Waals surface area (Å²) in [5.41, 5.74) is 2.25. The van der Waals surface area contributed by atoms with Crippen LogP contribution in [0, 0.1) is 0 Å². The van der Waals surface area contributed by atoms with Gasteiger partial charge in [0.1, 0.15) is 18.1 Å². The van der Waals surface area contributed by atoms with Crippen LogP contribution in [0.25, 0.3) is 0 Å². The second kappa shape index (κ2) is 9.43. The average Bonchev–Trinajstić information content (AvgIpc) is 2.72. The molecule has 3 rings (SSSR count). The molecule has 27 heavy (non-hydrogen) atoms. The van der Waals surface area contributed by atoms with Gasteiger partial charge in [-0.2, -0.15) is 0 Å². The molecule has 0 aliphatic rings. The second-order valence-corrected chi connectivity index (χ2v) is 6.10. The van der Waals surface area contributed by atoms with Crippen molar-refractivity contribution in [2.45, 2.75) is 20.0 Å². The maximum absolute atomic E-state index is 12.6. The van der Waals surface area contributed by atoms with E-state index in [2.05, 4.69) is 5.32 Å². The maximum Gasteiger partial charge on any atom is 0.255 e. The van der Waals surface area contributed by atoms with Crippen molar-refractivity contribution in [1.82, 2.24) is 0 Å². The van der Waals surface area contributed by atoms with E-state index >= 15 is 0 Å². The number of benzene rings is 3. The number of carbonyl (C=O) groups is 1. The summed E-state index contributed by atoms with van der Waals surface area (Å²) in [6.45, 7) is 3.11. The first-order valence-electron chi connectivity index (χ1n) is 9.06. The van der Waals surface area contributed by atoms with Gasteiger partial charge in [-0.3, -0.25) is 4.79 Å². The Kier molecular flexibility index (Phi) is 6.47. The van der Waals surface area contributed by atoms with Crippen molar-refractivity contribution in [2.75, 3.05) is 11.9 Å².